The van der Waals surface area contributed by atoms with Crippen molar-refractivity contribution in [1.29, 1.82) is 0 Å². The van der Waals surface area contributed by atoms with Crippen molar-refractivity contribution < 1.29 is 0 Å². The quantitative estimate of drug-likeness (QED) is 0.752. The molecule has 0 saturated carbocycles. The highest BCUT2D eigenvalue weighted by Crippen LogP contribution is 2.18. The molecule has 5 heteroatoms. The van der Waals surface area contributed by atoms with Crippen LogP contribution in [-0.4, -0.2) is 24.1 Å². The fourth-order valence-corrected chi connectivity index (χ4v) is 1.73. The van der Waals surface area contributed by atoms with E-state index in [1.165, 1.54) is 0 Å². The van der Waals surface area contributed by atoms with E-state index in [2.05, 4.69) is 9.88 Å². The van der Waals surface area contributed by atoms with E-state index in [0.29, 0.717) is 5.15 Å². The van der Waals surface area contributed by atoms with Crippen LogP contribution in [0.2, 0.25) is 5.15 Å². The molecule has 1 aromatic rings. The number of hydrogen-bond acceptors (Lipinski definition) is 3. The molecule has 0 radical (unpaired) electrons. The van der Waals surface area contributed by atoms with Crippen molar-refractivity contribution in [2.75, 3.05) is 18.0 Å². The third kappa shape index (κ3) is 2.50. The van der Waals surface area contributed by atoms with Crippen LogP contribution in [-0.2, 0) is 0 Å². The first kappa shape index (κ1) is 11.6. The van der Waals surface area contributed by atoms with Crippen LogP contribution in [0.1, 0.15) is 6.42 Å². The van der Waals surface area contributed by atoms with Gasteiger partial charge in [0.05, 0.1) is 0 Å². The van der Waals surface area contributed by atoms with Crippen molar-refractivity contribution >= 4 is 29.8 Å². The van der Waals surface area contributed by atoms with Gasteiger partial charge in [-0.05, 0) is 18.6 Å². The summed E-state index contributed by atoms with van der Waals surface area (Å²) in [6.07, 6.45) is 1.04. The second kappa shape index (κ2) is 4.82. The van der Waals surface area contributed by atoms with Crippen LogP contribution in [0, 0.1) is 0 Å². The molecular weight excluding hydrogens is 221 g/mol. The smallest absolute Gasteiger partial charge is 0.131 e. The van der Waals surface area contributed by atoms with Crippen molar-refractivity contribution in [1.82, 2.24) is 4.98 Å². The predicted molar refractivity (Wildman–Crippen MR) is 61.3 cm³/mol. The highest BCUT2D eigenvalue weighted by atomic mass is 35.5. The molecule has 1 aromatic heterocycles. The summed E-state index contributed by atoms with van der Waals surface area (Å²) in [5, 5.41) is 0.540. The number of nitrogens with two attached hydrogens (primary N) is 1. The van der Waals surface area contributed by atoms with E-state index in [-0.39, 0.29) is 18.4 Å². The lowest BCUT2D eigenvalue weighted by atomic mass is 10.3. The minimum Gasteiger partial charge on any atom is -0.355 e. The van der Waals surface area contributed by atoms with Gasteiger partial charge in [0, 0.05) is 19.1 Å². The van der Waals surface area contributed by atoms with Gasteiger partial charge in [-0.1, -0.05) is 17.7 Å². The van der Waals surface area contributed by atoms with E-state index in [0.717, 1.165) is 25.3 Å². The summed E-state index contributed by atoms with van der Waals surface area (Å²) in [5.41, 5.74) is 5.80. The zero-order chi connectivity index (χ0) is 9.26. The average Bonchev–Trinajstić information content (AvgIpc) is 2.52. The van der Waals surface area contributed by atoms with Crippen molar-refractivity contribution in [3.63, 3.8) is 0 Å². The van der Waals surface area contributed by atoms with Gasteiger partial charge >= 0.3 is 0 Å². The second-order valence-corrected chi connectivity index (χ2v) is 3.70. The molecule has 0 aliphatic carbocycles. The zero-order valence-corrected chi connectivity index (χ0v) is 9.26. The second-order valence-electron chi connectivity index (χ2n) is 3.31. The maximum absolute atomic E-state index is 5.80. The summed E-state index contributed by atoms with van der Waals surface area (Å²) in [6.45, 7) is 1.86. The fraction of sp³-hybridized carbons (Fsp3) is 0.444. The molecule has 2 N–H and O–H groups in total. The van der Waals surface area contributed by atoms with Crippen LogP contribution in [0.4, 0.5) is 5.82 Å². The number of nitrogens with zero attached hydrogens (tertiary/aromatic N) is 2. The van der Waals surface area contributed by atoms with Gasteiger partial charge in [0.1, 0.15) is 11.0 Å². The molecule has 0 spiro atoms. The first-order chi connectivity index (χ1) is 6.25. The molecule has 0 amide bonds. The van der Waals surface area contributed by atoms with Gasteiger partial charge in [0.2, 0.25) is 0 Å². The lowest BCUT2D eigenvalue weighted by molar-refractivity contribution is 0.751. The number of hydrogen-bond donors (Lipinski definition) is 1. The van der Waals surface area contributed by atoms with Gasteiger partial charge in [-0.25, -0.2) is 4.98 Å². The molecule has 14 heavy (non-hydrogen) atoms. The molecule has 1 saturated heterocycles. The van der Waals surface area contributed by atoms with Crippen LogP contribution < -0.4 is 10.6 Å². The number of anilines is 1. The van der Waals surface area contributed by atoms with Crippen LogP contribution >= 0.6 is 24.0 Å². The topological polar surface area (TPSA) is 42.1 Å². The molecule has 2 heterocycles. The lowest BCUT2D eigenvalue weighted by Gasteiger charge is -2.16. The molecule has 78 valence electrons. The maximum Gasteiger partial charge on any atom is 0.131 e. The summed E-state index contributed by atoms with van der Waals surface area (Å²) in [5.74, 6) is 0.931. The third-order valence-electron chi connectivity index (χ3n) is 2.25. The Labute approximate surface area is 94.7 Å². The van der Waals surface area contributed by atoms with E-state index in [4.69, 9.17) is 17.3 Å². The Morgan fingerprint density at radius 3 is 2.86 bits per heavy atom. The van der Waals surface area contributed by atoms with E-state index in [1.54, 1.807) is 6.07 Å². The van der Waals surface area contributed by atoms with Gasteiger partial charge in [-0.2, -0.15) is 0 Å². The Morgan fingerprint density at radius 2 is 2.29 bits per heavy atom. The molecule has 2 rings (SSSR count). The Morgan fingerprint density at radius 1 is 1.50 bits per heavy atom. The van der Waals surface area contributed by atoms with Crippen LogP contribution in [0.15, 0.2) is 18.2 Å². The Kier molecular flexibility index (Phi) is 3.98. The molecule has 0 bridgehead atoms. The van der Waals surface area contributed by atoms with E-state index >= 15 is 0 Å². The van der Waals surface area contributed by atoms with Crippen molar-refractivity contribution in [3.8, 4) is 0 Å². The van der Waals surface area contributed by atoms with Gasteiger partial charge in [0.15, 0.2) is 0 Å². The summed E-state index contributed by atoms with van der Waals surface area (Å²) < 4.78 is 0. The first-order valence-electron chi connectivity index (χ1n) is 4.39. The predicted octanol–water partition coefficient (Wildman–Crippen LogP) is 1.69. The minimum atomic E-state index is 0. The normalized spacial score (nSPS) is 20.7. The Balaban J connectivity index is 0.000000980. The molecule has 1 aliphatic rings. The summed E-state index contributed by atoms with van der Waals surface area (Å²) in [7, 11) is 0. The highest BCUT2D eigenvalue weighted by Gasteiger charge is 2.19. The van der Waals surface area contributed by atoms with Crippen LogP contribution in [0.25, 0.3) is 0 Å². The number of rotatable bonds is 1. The van der Waals surface area contributed by atoms with E-state index in [9.17, 15) is 0 Å². The molecule has 3 nitrogen and oxygen atoms in total. The standard InChI is InChI=1S/C9H12ClN3.ClH/c10-8-2-1-3-9(12-8)13-5-4-7(11)6-13;/h1-3,7H,4-6,11H2;1H. The fourth-order valence-electron chi connectivity index (χ4n) is 1.57. The maximum atomic E-state index is 5.80. The van der Waals surface area contributed by atoms with Crippen molar-refractivity contribution in [2.45, 2.75) is 12.5 Å². The highest BCUT2D eigenvalue weighted by molar-refractivity contribution is 6.29. The minimum absolute atomic E-state index is 0. The first-order valence-corrected chi connectivity index (χ1v) is 4.76. The lowest BCUT2D eigenvalue weighted by Crippen LogP contribution is -2.26. The Hall–Kier alpha value is -0.510. The van der Waals surface area contributed by atoms with Gasteiger partial charge < -0.3 is 10.6 Å². The monoisotopic (exact) mass is 233 g/mol. The van der Waals surface area contributed by atoms with Gasteiger partial charge in [0.25, 0.3) is 0 Å². The van der Waals surface area contributed by atoms with Crippen molar-refractivity contribution in [2.24, 2.45) is 5.73 Å². The van der Waals surface area contributed by atoms with Crippen LogP contribution in [0.3, 0.4) is 0 Å². The molecule has 1 fully saturated rings. The number of aromatic nitrogens is 1. The average molecular weight is 234 g/mol. The zero-order valence-electron chi connectivity index (χ0n) is 7.69. The number of halogens is 2. The third-order valence-corrected chi connectivity index (χ3v) is 2.46. The van der Waals surface area contributed by atoms with Gasteiger partial charge in [-0.3, -0.25) is 0 Å². The van der Waals surface area contributed by atoms with Crippen molar-refractivity contribution in [3.05, 3.63) is 23.4 Å². The summed E-state index contributed by atoms with van der Waals surface area (Å²) in [4.78, 5) is 6.39. The molecule has 0 aromatic carbocycles. The largest absolute Gasteiger partial charge is 0.355 e. The summed E-state index contributed by atoms with van der Waals surface area (Å²) >= 11 is 5.79. The van der Waals surface area contributed by atoms with Gasteiger partial charge in [-0.15, -0.1) is 12.4 Å². The summed E-state index contributed by atoms with van der Waals surface area (Å²) in [6, 6.07) is 5.93. The molecule has 1 unspecified atom stereocenters. The molecule has 1 aliphatic heterocycles. The Bertz CT molecular complexity index is 306. The van der Waals surface area contributed by atoms with E-state index in [1.807, 2.05) is 12.1 Å². The van der Waals surface area contributed by atoms with Crippen LogP contribution in [0.5, 0.6) is 0 Å². The number of pyridine rings is 1. The molecule has 1 atom stereocenters. The molecular formula is C9H13Cl2N3. The van der Waals surface area contributed by atoms with E-state index < -0.39 is 0 Å². The SMILES string of the molecule is Cl.NC1CCN(c2cccc(Cl)n2)C1.